The van der Waals surface area contributed by atoms with E-state index in [1.165, 1.54) is 0 Å². The number of thiazole rings is 2. The maximum absolute atomic E-state index is 4.63. The topological polar surface area (TPSA) is 35.6 Å². The lowest BCUT2D eigenvalue weighted by Gasteiger charge is -1.95. The zero-order valence-corrected chi connectivity index (χ0v) is 12.0. The van der Waals surface area contributed by atoms with Crippen molar-refractivity contribution in [3.05, 3.63) is 59.8 Å². The van der Waals surface area contributed by atoms with Crippen molar-refractivity contribution in [2.75, 3.05) is 0 Å². The lowest BCUT2D eigenvalue weighted by atomic mass is 10.4. The fourth-order valence-corrected chi connectivity index (χ4v) is 3.50. The molecule has 0 saturated carbocycles. The summed E-state index contributed by atoms with van der Waals surface area (Å²) < 4.78 is 4.01. The van der Waals surface area contributed by atoms with Crippen molar-refractivity contribution in [3.63, 3.8) is 0 Å². The smallest absolute Gasteiger partial charge is 0.194 e. The summed E-state index contributed by atoms with van der Waals surface area (Å²) in [6.07, 6.45) is 7.98. The van der Waals surface area contributed by atoms with E-state index < -0.39 is 0 Å². The standard InChI is InChI=1S/C14H10N4S2/c1-2-6-17(5-1)13-15-11(9-19-13)12-10-20-14(16-12)18-7-3-4-8-18/h1-10H. The van der Waals surface area contributed by atoms with Crippen LogP contribution in [0.15, 0.2) is 59.8 Å². The summed E-state index contributed by atoms with van der Waals surface area (Å²) in [6, 6.07) is 7.98. The summed E-state index contributed by atoms with van der Waals surface area (Å²) >= 11 is 3.24. The Bertz CT molecular complexity index is 739. The predicted octanol–water partition coefficient (Wildman–Crippen LogP) is 3.85. The van der Waals surface area contributed by atoms with Crippen molar-refractivity contribution in [1.82, 2.24) is 19.1 Å². The highest BCUT2D eigenvalue weighted by Gasteiger charge is 2.10. The highest BCUT2D eigenvalue weighted by atomic mass is 32.1. The Balaban J connectivity index is 1.68. The summed E-state index contributed by atoms with van der Waals surface area (Å²) in [4.78, 5) is 9.27. The molecule has 0 fully saturated rings. The Morgan fingerprint density at radius 2 is 1.05 bits per heavy atom. The maximum atomic E-state index is 4.63. The third-order valence-corrected chi connectivity index (χ3v) is 4.61. The molecule has 0 aliphatic carbocycles. The first-order valence-electron chi connectivity index (χ1n) is 6.08. The highest BCUT2D eigenvalue weighted by molar-refractivity contribution is 7.13. The molecule has 0 unspecified atom stereocenters. The molecular formula is C14H10N4S2. The van der Waals surface area contributed by atoms with Crippen LogP contribution in [0.25, 0.3) is 21.7 Å². The second-order valence-electron chi connectivity index (χ2n) is 4.21. The molecule has 4 heterocycles. The van der Waals surface area contributed by atoms with E-state index in [0.29, 0.717) is 0 Å². The van der Waals surface area contributed by atoms with Gasteiger partial charge in [0, 0.05) is 35.5 Å². The number of hydrogen-bond acceptors (Lipinski definition) is 4. The second-order valence-corrected chi connectivity index (χ2v) is 5.88. The Labute approximate surface area is 123 Å². The van der Waals surface area contributed by atoms with E-state index in [4.69, 9.17) is 0 Å². The molecular weight excluding hydrogens is 288 g/mol. The molecule has 0 atom stereocenters. The second kappa shape index (κ2) is 4.73. The van der Waals surface area contributed by atoms with Crippen molar-refractivity contribution in [2.24, 2.45) is 0 Å². The van der Waals surface area contributed by atoms with Crippen LogP contribution in [0.5, 0.6) is 0 Å². The van der Waals surface area contributed by atoms with Gasteiger partial charge in [0.15, 0.2) is 10.3 Å². The molecule has 0 aliphatic heterocycles. The minimum atomic E-state index is 0.924. The maximum Gasteiger partial charge on any atom is 0.194 e. The summed E-state index contributed by atoms with van der Waals surface area (Å²) in [7, 11) is 0. The molecule has 0 aromatic carbocycles. The van der Waals surface area contributed by atoms with Crippen LogP contribution in [0, 0.1) is 0 Å². The molecule has 4 nitrogen and oxygen atoms in total. The SMILES string of the molecule is c1ccn(-c2nc(-c3csc(-n4cccc4)n3)cs2)c1. The molecule has 0 aliphatic rings. The first kappa shape index (κ1) is 11.6. The average molecular weight is 298 g/mol. The van der Waals surface area contributed by atoms with Gasteiger partial charge in [-0.3, -0.25) is 0 Å². The van der Waals surface area contributed by atoms with Gasteiger partial charge in [0.1, 0.15) is 11.4 Å². The quantitative estimate of drug-likeness (QED) is 0.576. The molecule has 6 heteroatoms. The van der Waals surface area contributed by atoms with Gasteiger partial charge in [-0.1, -0.05) is 0 Å². The number of aromatic nitrogens is 4. The fraction of sp³-hybridized carbons (Fsp3) is 0. The number of nitrogens with zero attached hydrogens (tertiary/aromatic N) is 4. The first-order chi connectivity index (χ1) is 9.90. The Hall–Kier alpha value is -2.18. The molecule has 0 radical (unpaired) electrons. The lowest BCUT2D eigenvalue weighted by molar-refractivity contribution is 1.04. The van der Waals surface area contributed by atoms with Gasteiger partial charge in [0.2, 0.25) is 0 Å². The zero-order chi connectivity index (χ0) is 13.4. The molecule has 20 heavy (non-hydrogen) atoms. The molecule has 0 saturated heterocycles. The van der Waals surface area contributed by atoms with Gasteiger partial charge in [-0.25, -0.2) is 9.97 Å². The van der Waals surface area contributed by atoms with E-state index in [9.17, 15) is 0 Å². The average Bonchev–Trinajstić information content (AvgIpc) is 3.22. The van der Waals surface area contributed by atoms with E-state index in [2.05, 4.69) is 9.97 Å². The Kier molecular flexibility index (Phi) is 2.75. The zero-order valence-electron chi connectivity index (χ0n) is 10.4. The molecule has 0 spiro atoms. The number of rotatable bonds is 3. The Morgan fingerprint density at radius 3 is 1.45 bits per heavy atom. The number of hydrogen-bond donors (Lipinski definition) is 0. The summed E-state index contributed by atoms with van der Waals surface area (Å²) in [6.45, 7) is 0. The van der Waals surface area contributed by atoms with Crippen LogP contribution < -0.4 is 0 Å². The normalized spacial score (nSPS) is 11.0. The van der Waals surface area contributed by atoms with Crippen LogP contribution in [-0.4, -0.2) is 19.1 Å². The van der Waals surface area contributed by atoms with Crippen molar-refractivity contribution < 1.29 is 0 Å². The van der Waals surface area contributed by atoms with Gasteiger partial charge < -0.3 is 9.13 Å². The van der Waals surface area contributed by atoms with Crippen molar-refractivity contribution in [1.29, 1.82) is 0 Å². The third-order valence-electron chi connectivity index (χ3n) is 2.90. The van der Waals surface area contributed by atoms with Crippen molar-refractivity contribution in [2.45, 2.75) is 0 Å². The molecule has 0 bridgehead atoms. The molecule has 0 amide bonds. The van der Waals surface area contributed by atoms with Crippen LogP contribution in [0.1, 0.15) is 0 Å². The monoisotopic (exact) mass is 298 g/mol. The summed E-state index contributed by atoms with van der Waals surface area (Å²) in [5, 5.41) is 6.01. The van der Waals surface area contributed by atoms with E-state index >= 15 is 0 Å². The largest absolute Gasteiger partial charge is 0.300 e. The van der Waals surface area contributed by atoms with Crippen molar-refractivity contribution >= 4 is 22.7 Å². The minimum absolute atomic E-state index is 0.924. The van der Waals surface area contributed by atoms with E-state index in [-0.39, 0.29) is 0 Å². The van der Waals surface area contributed by atoms with Crippen LogP contribution in [-0.2, 0) is 0 Å². The van der Waals surface area contributed by atoms with E-state index in [1.807, 2.05) is 68.9 Å². The van der Waals surface area contributed by atoms with Gasteiger partial charge in [0.05, 0.1) is 0 Å². The lowest BCUT2D eigenvalue weighted by Crippen LogP contribution is -1.89. The molecule has 4 aromatic rings. The summed E-state index contributed by atoms with van der Waals surface area (Å²) in [5.41, 5.74) is 1.85. The van der Waals surface area contributed by atoms with Crippen LogP contribution in [0.2, 0.25) is 0 Å². The minimum Gasteiger partial charge on any atom is -0.300 e. The molecule has 0 N–H and O–H groups in total. The molecule has 98 valence electrons. The molecule has 4 rings (SSSR count). The molecule has 4 aromatic heterocycles. The van der Waals surface area contributed by atoms with Gasteiger partial charge >= 0.3 is 0 Å². The van der Waals surface area contributed by atoms with Crippen LogP contribution >= 0.6 is 22.7 Å². The highest BCUT2D eigenvalue weighted by Crippen LogP contribution is 2.26. The van der Waals surface area contributed by atoms with Gasteiger partial charge in [-0.2, -0.15) is 0 Å². The van der Waals surface area contributed by atoms with Crippen LogP contribution in [0.3, 0.4) is 0 Å². The third kappa shape index (κ3) is 1.99. The van der Waals surface area contributed by atoms with Gasteiger partial charge in [0.25, 0.3) is 0 Å². The van der Waals surface area contributed by atoms with Gasteiger partial charge in [-0.05, 0) is 24.3 Å². The van der Waals surface area contributed by atoms with Gasteiger partial charge in [-0.15, -0.1) is 22.7 Å². The van der Waals surface area contributed by atoms with E-state index in [1.54, 1.807) is 22.7 Å². The predicted molar refractivity (Wildman–Crippen MR) is 81.9 cm³/mol. The van der Waals surface area contributed by atoms with E-state index in [0.717, 1.165) is 21.7 Å². The fourth-order valence-electron chi connectivity index (χ4n) is 1.93. The first-order valence-corrected chi connectivity index (χ1v) is 7.84. The van der Waals surface area contributed by atoms with Crippen molar-refractivity contribution in [3.8, 4) is 21.7 Å². The Morgan fingerprint density at radius 1 is 0.650 bits per heavy atom. The van der Waals surface area contributed by atoms with Crippen LogP contribution in [0.4, 0.5) is 0 Å². The summed E-state index contributed by atoms with van der Waals surface area (Å²) in [5.74, 6) is 0.